The zero-order valence-corrected chi connectivity index (χ0v) is 42.5. The Labute approximate surface area is 408 Å². The van der Waals surface area contributed by atoms with Gasteiger partial charge in [0.1, 0.15) is 11.5 Å². The molecule has 3 heterocycles. The van der Waals surface area contributed by atoms with Crippen molar-refractivity contribution in [1.29, 1.82) is 0 Å². The van der Waals surface area contributed by atoms with E-state index in [1.165, 1.54) is 82.2 Å². The molecule has 0 N–H and O–H groups in total. The molecule has 2 aliphatic heterocycles. The smallest absolute Gasteiger partial charge is 0.256 e. The Bertz CT molecular complexity index is 3590. The van der Waals surface area contributed by atoms with Crippen molar-refractivity contribution in [1.82, 2.24) is 4.57 Å². The van der Waals surface area contributed by atoms with Crippen LogP contribution >= 0.6 is 11.6 Å². The molecule has 68 heavy (non-hydrogen) atoms. The third-order valence-electron chi connectivity index (χ3n) is 14.7. The minimum Gasteiger partial charge on any atom is -0.458 e. The maximum Gasteiger partial charge on any atom is 0.256 e. The lowest BCUT2D eigenvalue weighted by molar-refractivity contribution is 0.487. The number of ether oxygens (including phenoxy) is 1. The topological polar surface area (TPSA) is 14.2 Å². The average molecular weight is 906 g/mol. The number of nitrogens with zero attached hydrogens (tertiary/aromatic N) is 1. The molecule has 0 saturated heterocycles. The first-order valence-corrected chi connectivity index (χ1v) is 24.8. The molecule has 11 rings (SSSR count). The third kappa shape index (κ3) is 7.32. The van der Waals surface area contributed by atoms with Crippen molar-refractivity contribution in [2.75, 3.05) is 0 Å². The highest BCUT2D eigenvalue weighted by molar-refractivity contribution is 6.99. The SMILES string of the molecule is CC(C)(C)c1cc(-c2cc3c4c(c2)-n2c5ccccc5c5ccccc5c5ccccc5c5cc(-c6cc(C(C)(C)C)cc(C(C)(C)C)c6)cc(c52)B4c2ccc(Cl)cc2O3)cc(C(C)(C)C)c1. The first kappa shape index (κ1) is 44.2. The summed E-state index contributed by atoms with van der Waals surface area (Å²) in [6.07, 6.45) is 0. The van der Waals surface area contributed by atoms with E-state index in [1.807, 2.05) is 12.1 Å². The van der Waals surface area contributed by atoms with E-state index in [9.17, 15) is 0 Å². The fourth-order valence-corrected chi connectivity index (χ4v) is 10.9. The van der Waals surface area contributed by atoms with Crippen LogP contribution in [0.2, 0.25) is 5.02 Å². The van der Waals surface area contributed by atoms with Crippen LogP contribution in [0.4, 0.5) is 0 Å². The molecule has 0 spiro atoms. The van der Waals surface area contributed by atoms with Gasteiger partial charge in [0, 0.05) is 27.0 Å². The molecule has 0 saturated carbocycles. The second-order valence-electron chi connectivity index (χ2n) is 23.6. The molecule has 2 nitrogen and oxygen atoms in total. The van der Waals surface area contributed by atoms with Crippen molar-refractivity contribution in [2.24, 2.45) is 0 Å². The van der Waals surface area contributed by atoms with E-state index in [-0.39, 0.29) is 28.4 Å². The molecule has 338 valence electrons. The highest BCUT2D eigenvalue weighted by Crippen LogP contribution is 2.43. The van der Waals surface area contributed by atoms with Gasteiger partial charge in [0.05, 0.1) is 5.52 Å². The number of para-hydroxylation sites is 1. The molecule has 1 aromatic heterocycles. The Morgan fingerprint density at radius 1 is 0.397 bits per heavy atom. The average Bonchev–Trinajstić information content (AvgIpc) is 3.33. The van der Waals surface area contributed by atoms with Crippen molar-refractivity contribution in [3.8, 4) is 39.4 Å². The molecule has 0 bridgehead atoms. The first-order valence-electron chi connectivity index (χ1n) is 24.4. The summed E-state index contributed by atoms with van der Waals surface area (Å²) in [7, 11) is 0. The van der Waals surface area contributed by atoms with Crippen LogP contribution in [0.3, 0.4) is 0 Å². The number of hydrogen-bond donors (Lipinski definition) is 0. The molecule has 0 unspecified atom stereocenters. The fourth-order valence-electron chi connectivity index (χ4n) is 10.8. The molecular formula is C64H61BClNO. The monoisotopic (exact) mass is 905 g/mol. The van der Waals surface area contributed by atoms with Gasteiger partial charge in [-0.3, -0.25) is 0 Å². The van der Waals surface area contributed by atoms with Gasteiger partial charge in [-0.05, 0) is 140 Å². The van der Waals surface area contributed by atoms with Crippen molar-refractivity contribution < 1.29 is 4.74 Å². The summed E-state index contributed by atoms with van der Waals surface area (Å²) in [5, 5.41) is 7.87. The van der Waals surface area contributed by atoms with Crippen molar-refractivity contribution in [2.45, 2.75) is 105 Å². The number of hydrogen-bond acceptors (Lipinski definition) is 1. The molecule has 9 aromatic rings. The Morgan fingerprint density at radius 2 is 0.838 bits per heavy atom. The molecule has 4 heteroatoms. The van der Waals surface area contributed by atoms with E-state index in [2.05, 4.69) is 227 Å². The summed E-state index contributed by atoms with van der Waals surface area (Å²) < 4.78 is 9.80. The number of benzene rings is 8. The zero-order chi connectivity index (χ0) is 47.8. The summed E-state index contributed by atoms with van der Waals surface area (Å²) in [5.74, 6) is 1.65. The van der Waals surface area contributed by atoms with E-state index in [4.69, 9.17) is 16.3 Å². The van der Waals surface area contributed by atoms with Crippen LogP contribution in [0, 0.1) is 0 Å². The molecular weight excluding hydrogens is 845 g/mol. The lowest BCUT2D eigenvalue weighted by Gasteiger charge is -2.35. The summed E-state index contributed by atoms with van der Waals surface area (Å²) in [6.45, 7) is 27.7. The lowest BCUT2D eigenvalue weighted by Crippen LogP contribution is -2.58. The summed E-state index contributed by atoms with van der Waals surface area (Å²) in [6, 6.07) is 57.6. The van der Waals surface area contributed by atoms with Gasteiger partial charge in [0.25, 0.3) is 6.71 Å². The summed E-state index contributed by atoms with van der Waals surface area (Å²) >= 11 is 6.90. The fraction of sp³-hybridized carbons (Fsp3) is 0.250. The third-order valence-corrected chi connectivity index (χ3v) is 14.9. The number of rotatable bonds is 2. The van der Waals surface area contributed by atoms with Gasteiger partial charge in [-0.25, -0.2) is 0 Å². The maximum atomic E-state index is 7.21. The van der Waals surface area contributed by atoms with Gasteiger partial charge in [0.2, 0.25) is 0 Å². The van der Waals surface area contributed by atoms with Crippen LogP contribution in [0.1, 0.15) is 105 Å². The number of fused-ring (bicyclic) bond motifs is 11. The largest absolute Gasteiger partial charge is 0.458 e. The van der Waals surface area contributed by atoms with E-state index in [1.54, 1.807) is 0 Å². The minimum atomic E-state index is -0.151. The molecule has 0 atom stereocenters. The number of aromatic nitrogens is 1. The quantitative estimate of drug-likeness (QED) is 0.158. The minimum absolute atomic E-state index is 0.0485. The van der Waals surface area contributed by atoms with Crippen LogP contribution in [0.25, 0.3) is 71.3 Å². The van der Waals surface area contributed by atoms with Crippen LogP contribution in [-0.2, 0) is 21.7 Å². The molecule has 0 amide bonds. The zero-order valence-electron chi connectivity index (χ0n) is 41.7. The molecule has 0 aliphatic carbocycles. The van der Waals surface area contributed by atoms with Crippen LogP contribution in [-0.4, -0.2) is 11.3 Å². The molecule has 0 radical (unpaired) electrons. The van der Waals surface area contributed by atoms with Gasteiger partial charge < -0.3 is 9.30 Å². The van der Waals surface area contributed by atoms with Gasteiger partial charge in [0.15, 0.2) is 0 Å². The van der Waals surface area contributed by atoms with Crippen molar-refractivity contribution >= 4 is 78.1 Å². The standard InChI is InChI=1S/C64H61BClNO/c1-61(2,3)42-27-38(28-43(35-42)62(4,5)6)40-31-52-50-22-16-14-20-48(50)47-19-13-15-21-49(47)51-23-17-18-24-55(51)67-56-33-41(39-29-44(63(7,8)9)36-45(30-39)64(10,11)12)34-58-59(56)65(54(32-40)60(52)67)53-26-25-46(66)37-57(53)68-58/h13-37H,1-12H3. The van der Waals surface area contributed by atoms with E-state index in [0.717, 1.165) is 39.2 Å². The van der Waals surface area contributed by atoms with Crippen LogP contribution in [0.15, 0.2) is 152 Å². The predicted molar refractivity (Wildman–Crippen MR) is 295 cm³/mol. The summed E-state index contributed by atoms with van der Waals surface area (Å²) in [4.78, 5) is 0. The number of halogens is 1. The summed E-state index contributed by atoms with van der Waals surface area (Å²) in [5.41, 5.74) is 16.8. The Kier molecular flexibility index (Phi) is 9.99. The normalized spacial score (nSPS) is 13.5. The predicted octanol–water partition coefficient (Wildman–Crippen LogP) is 16.3. The van der Waals surface area contributed by atoms with Gasteiger partial charge in [-0.1, -0.05) is 210 Å². The van der Waals surface area contributed by atoms with Gasteiger partial charge in [-0.2, -0.15) is 0 Å². The Hall–Kier alpha value is -6.29. The highest BCUT2D eigenvalue weighted by atomic mass is 35.5. The van der Waals surface area contributed by atoms with Crippen LogP contribution in [0.5, 0.6) is 11.5 Å². The van der Waals surface area contributed by atoms with E-state index < -0.39 is 0 Å². The van der Waals surface area contributed by atoms with Crippen molar-refractivity contribution in [3.63, 3.8) is 0 Å². The van der Waals surface area contributed by atoms with Gasteiger partial charge >= 0.3 is 0 Å². The van der Waals surface area contributed by atoms with E-state index >= 15 is 0 Å². The maximum absolute atomic E-state index is 7.21. The Morgan fingerprint density at radius 3 is 1.35 bits per heavy atom. The van der Waals surface area contributed by atoms with E-state index in [0.29, 0.717) is 5.02 Å². The first-order chi connectivity index (χ1) is 32.1. The molecule has 2 aliphatic rings. The molecule has 8 aromatic carbocycles. The molecule has 0 fully saturated rings. The lowest BCUT2D eigenvalue weighted by atomic mass is 9.34. The Balaban J connectivity index is 1.40. The van der Waals surface area contributed by atoms with Gasteiger partial charge in [-0.15, -0.1) is 0 Å². The highest BCUT2D eigenvalue weighted by Gasteiger charge is 2.41. The van der Waals surface area contributed by atoms with Crippen molar-refractivity contribution in [3.05, 3.63) is 179 Å². The second kappa shape index (κ2) is 15.4. The van der Waals surface area contributed by atoms with Crippen LogP contribution < -0.4 is 21.1 Å². The second-order valence-corrected chi connectivity index (χ2v) is 24.1.